The highest BCUT2D eigenvalue weighted by molar-refractivity contribution is 6.29. The summed E-state index contributed by atoms with van der Waals surface area (Å²) in [5, 5.41) is 4.00. The molecule has 2 nitrogen and oxygen atoms in total. The van der Waals surface area contributed by atoms with Crippen molar-refractivity contribution in [1.29, 1.82) is 0 Å². The summed E-state index contributed by atoms with van der Waals surface area (Å²) in [7, 11) is 0. The fourth-order valence-electron chi connectivity index (χ4n) is 15.2. The van der Waals surface area contributed by atoms with Gasteiger partial charge in [0.25, 0.3) is 0 Å². The number of nitrogens with zero attached hydrogens (tertiary/aromatic N) is 2. The van der Waals surface area contributed by atoms with Crippen molar-refractivity contribution in [3.63, 3.8) is 0 Å². The lowest BCUT2D eigenvalue weighted by Gasteiger charge is -2.48. The van der Waals surface area contributed by atoms with Gasteiger partial charge in [-0.05, 0) is 183 Å². The SMILES string of the molecule is Cc1cc(C(C)(C)C)cc(C)c1-c1c2ccc(C#CC34c5ccccc5C(c5ccccc53)c3ccccc34)cc2c(C(=[N+]=[N-])c2ccc(C(C)(C)C)cc2)c2cc(C#CC34c5ccccc5C(c5ccccc53)c3ccccc34)ccc12. The maximum Gasteiger partial charge on any atom is 0.330 e. The minimum absolute atomic E-state index is 0.0462. The van der Waals surface area contributed by atoms with Gasteiger partial charge in [-0.2, -0.15) is 4.79 Å². The van der Waals surface area contributed by atoms with Gasteiger partial charge in [-0.3, -0.25) is 0 Å². The molecule has 83 heavy (non-hydrogen) atoms. The normalized spacial score (nSPS) is 18.3. The van der Waals surface area contributed by atoms with Crippen LogP contribution in [0.4, 0.5) is 0 Å². The highest BCUT2D eigenvalue weighted by atomic mass is 14.9. The lowest BCUT2D eigenvalue weighted by Crippen LogP contribution is -2.41. The molecule has 0 saturated heterocycles. The van der Waals surface area contributed by atoms with Crippen molar-refractivity contribution in [2.75, 3.05) is 0 Å². The largest absolute Gasteiger partial charge is 0.361 e. The molecule has 17 rings (SSSR count). The van der Waals surface area contributed by atoms with Crippen LogP contribution < -0.4 is 0 Å². The average Bonchev–Trinajstić information content (AvgIpc) is 0.896. The standard InChI is InChI=1S/C81H62N2/c1-49-45-55(79(6,7)8)46-50(2)72(49)75-56-39-33-51(41-43-80-66-27-15-9-21-58(66)73(59-22-10-16-28-67(59)80)60-23-11-17-29-68(60)80)47-64(56)76(77(83-82)53-35-37-54(38-36-53)78(3,4)5)65-48-52(34-40-57(65)75)42-44-81-69-30-18-12-24-61(69)74(62-25-13-19-31-70(62)81)63-26-14-20-32-71(63)81/h9-40,45-48,73-74H,1-8H3. The van der Waals surface area contributed by atoms with Crippen LogP contribution in [0.2, 0.25) is 0 Å². The molecule has 2 heteroatoms. The van der Waals surface area contributed by atoms with Crippen molar-refractivity contribution in [2.45, 2.75) is 88.9 Å². The summed E-state index contributed by atoms with van der Waals surface area (Å²) in [6.45, 7) is 18.1. The first-order chi connectivity index (χ1) is 40.2. The molecule has 0 fully saturated rings. The van der Waals surface area contributed by atoms with Crippen molar-refractivity contribution in [1.82, 2.24) is 0 Å². The van der Waals surface area contributed by atoms with Gasteiger partial charge in [-0.1, -0.05) is 247 Å². The van der Waals surface area contributed by atoms with E-state index in [0.717, 1.165) is 49.4 Å². The first-order valence-corrected chi connectivity index (χ1v) is 29.3. The molecular weight excluding hydrogens is 1000 g/mol. The van der Waals surface area contributed by atoms with Gasteiger partial charge in [0.1, 0.15) is 10.8 Å². The Bertz CT molecular complexity index is 4320. The average molecular weight is 1060 g/mol. The van der Waals surface area contributed by atoms with Gasteiger partial charge in [0.2, 0.25) is 0 Å². The number of fused-ring (bicyclic) bond motifs is 2. The van der Waals surface area contributed by atoms with Gasteiger partial charge >= 0.3 is 5.71 Å². The molecule has 11 aromatic rings. The third kappa shape index (κ3) is 7.26. The maximum absolute atomic E-state index is 11.8. The van der Waals surface area contributed by atoms with Gasteiger partial charge in [-0.15, -0.1) is 0 Å². The van der Waals surface area contributed by atoms with Gasteiger partial charge in [0, 0.05) is 23.0 Å². The summed E-state index contributed by atoms with van der Waals surface area (Å²) in [5.74, 6) is 16.1. The Morgan fingerprint density at radius 2 is 0.723 bits per heavy atom. The molecule has 6 aliphatic rings. The molecule has 0 spiro atoms. The van der Waals surface area contributed by atoms with Crippen molar-refractivity contribution in [2.24, 2.45) is 0 Å². The molecule has 0 heterocycles. The molecule has 0 N–H and O–H groups in total. The fraction of sp³-hybridized carbons (Fsp3) is 0.173. The van der Waals surface area contributed by atoms with Crippen LogP contribution in [0.3, 0.4) is 0 Å². The molecule has 0 aliphatic heterocycles. The van der Waals surface area contributed by atoms with Gasteiger partial charge in [-0.25, -0.2) is 0 Å². The lowest BCUT2D eigenvalue weighted by atomic mass is 9.53. The highest BCUT2D eigenvalue weighted by Gasteiger charge is 2.52. The van der Waals surface area contributed by atoms with Crippen molar-refractivity contribution in [3.8, 4) is 34.8 Å². The number of aryl methyl sites for hydroxylation is 2. The van der Waals surface area contributed by atoms with Crippen LogP contribution in [0.5, 0.6) is 0 Å². The first kappa shape index (κ1) is 50.4. The molecule has 0 atom stereocenters. The molecular formula is C81H62N2. The quantitative estimate of drug-likeness (QED) is 0.0556. The predicted octanol–water partition coefficient (Wildman–Crippen LogP) is 18.3. The summed E-state index contributed by atoms with van der Waals surface area (Å²) >= 11 is 0. The lowest BCUT2D eigenvalue weighted by molar-refractivity contribution is -0.00257. The number of benzene rings is 11. The second kappa shape index (κ2) is 18.2. The van der Waals surface area contributed by atoms with E-state index in [1.807, 2.05) is 0 Å². The summed E-state index contributed by atoms with van der Waals surface area (Å²) in [6, 6.07) is 80.4. The van der Waals surface area contributed by atoms with E-state index in [9.17, 15) is 5.53 Å². The van der Waals surface area contributed by atoms with Crippen molar-refractivity contribution in [3.05, 3.63) is 335 Å². The Hall–Kier alpha value is -9.56. The second-order valence-electron chi connectivity index (χ2n) is 25.7. The monoisotopic (exact) mass is 1060 g/mol. The van der Waals surface area contributed by atoms with E-state index < -0.39 is 10.8 Å². The molecule has 4 bridgehead atoms. The van der Waals surface area contributed by atoms with E-state index >= 15 is 0 Å². The molecule has 0 unspecified atom stereocenters. The summed E-state index contributed by atoms with van der Waals surface area (Å²) in [4.78, 5) is 4.35. The number of hydrogen-bond donors (Lipinski definition) is 0. The number of rotatable bonds is 3. The van der Waals surface area contributed by atoms with Crippen LogP contribution in [0.25, 0.3) is 38.2 Å². The third-order valence-corrected chi connectivity index (χ3v) is 19.0. The minimum Gasteiger partial charge on any atom is -0.361 e. The predicted molar refractivity (Wildman–Crippen MR) is 341 cm³/mol. The summed E-state index contributed by atoms with van der Waals surface area (Å²) in [5.41, 5.74) is 36.7. The number of hydrogen-bond acceptors (Lipinski definition) is 0. The van der Waals surface area contributed by atoms with E-state index in [1.54, 1.807) is 0 Å². The van der Waals surface area contributed by atoms with Crippen LogP contribution in [0, 0.1) is 37.5 Å². The summed E-state index contributed by atoms with van der Waals surface area (Å²) in [6.07, 6.45) is 0. The molecule has 0 amide bonds. The topological polar surface area (TPSA) is 36.4 Å². The van der Waals surface area contributed by atoms with Crippen LogP contribution >= 0.6 is 0 Å². The zero-order chi connectivity index (χ0) is 56.7. The van der Waals surface area contributed by atoms with Crippen molar-refractivity contribution >= 4 is 27.3 Å². The van der Waals surface area contributed by atoms with Gasteiger partial charge < -0.3 is 5.53 Å². The molecule has 0 aromatic heterocycles. The van der Waals surface area contributed by atoms with Crippen LogP contribution in [-0.2, 0) is 21.7 Å². The zero-order valence-corrected chi connectivity index (χ0v) is 48.3. The van der Waals surface area contributed by atoms with E-state index in [1.165, 1.54) is 94.6 Å². The maximum atomic E-state index is 11.8. The van der Waals surface area contributed by atoms with E-state index in [2.05, 4.69) is 302 Å². The zero-order valence-electron chi connectivity index (χ0n) is 48.3. The fourth-order valence-corrected chi connectivity index (χ4v) is 15.2. The van der Waals surface area contributed by atoms with E-state index in [4.69, 9.17) is 0 Å². The van der Waals surface area contributed by atoms with E-state index in [-0.39, 0.29) is 22.7 Å². The smallest absolute Gasteiger partial charge is 0.330 e. The first-order valence-electron chi connectivity index (χ1n) is 29.3. The van der Waals surface area contributed by atoms with Crippen LogP contribution in [0.1, 0.15) is 165 Å². The molecule has 0 radical (unpaired) electrons. The van der Waals surface area contributed by atoms with Crippen LogP contribution in [-0.4, -0.2) is 10.5 Å². The molecule has 0 saturated carbocycles. The second-order valence-corrected chi connectivity index (χ2v) is 25.7. The highest BCUT2D eigenvalue weighted by Crippen LogP contribution is 2.60. The van der Waals surface area contributed by atoms with Gasteiger partial charge in [0.05, 0.1) is 11.1 Å². The third-order valence-electron chi connectivity index (χ3n) is 19.0. The Morgan fingerprint density at radius 3 is 1.05 bits per heavy atom. The Morgan fingerprint density at radius 1 is 0.386 bits per heavy atom. The minimum atomic E-state index is -0.702. The molecule has 396 valence electrons. The van der Waals surface area contributed by atoms with Gasteiger partial charge in [0.15, 0.2) is 0 Å². The Labute approximate surface area is 488 Å². The van der Waals surface area contributed by atoms with Crippen molar-refractivity contribution < 1.29 is 4.79 Å². The van der Waals surface area contributed by atoms with Crippen LogP contribution in [0.15, 0.2) is 218 Å². The Balaban J connectivity index is 1.03. The van der Waals surface area contributed by atoms with E-state index in [0.29, 0.717) is 5.71 Å². The Kier molecular flexibility index (Phi) is 11.1. The molecule has 6 aliphatic carbocycles. The summed E-state index contributed by atoms with van der Waals surface area (Å²) < 4.78 is 0. The molecule has 11 aromatic carbocycles.